The number of fused-ring (bicyclic) bond motifs is 1. The van der Waals surface area contributed by atoms with E-state index in [4.69, 9.17) is 9.72 Å². The second-order valence-corrected chi connectivity index (χ2v) is 6.04. The molecule has 0 unspecified atom stereocenters. The molecule has 0 radical (unpaired) electrons. The molecule has 2 aromatic heterocycles. The summed E-state index contributed by atoms with van der Waals surface area (Å²) < 4.78 is 7.45. The van der Waals surface area contributed by atoms with E-state index >= 15 is 0 Å². The number of ether oxygens (including phenoxy) is 1. The van der Waals surface area contributed by atoms with Gasteiger partial charge in [-0.2, -0.15) is 0 Å². The molecule has 0 spiro atoms. The van der Waals surface area contributed by atoms with Crippen molar-refractivity contribution in [1.82, 2.24) is 9.38 Å². The van der Waals surface area contributed by atoms with Crippen molar-refractivity contribution < 1.29 is 4.74 Å². The number of hydrogen-bond acceptors (Lipinski definition) is 4. The molecule has 2 heterocycles. The van der Waals surface area contributed by atoms with Crippen molar-refractivity contribution in [2.24, 2.45) is 10.2 Å². The number of aromatic nitrogens is 2. The van der Waals surface area contributed by atoms with Crippen LogP contribution in [0.5, 0.6) is 5.75 Å². The number of azo groups is 1. The van der Waals surface area contributed by atoms with Crippen LogP contribution in [0.4, 0.5) is 11.5 Å². The Labute approximate surface area is 142 Å². The number of aryl methyl sites for hydroxylation is 1. The molecule has 3 aromatic rings. The molecule has 1 aromatic carbocycles. The lowest BCUT2D eigenvalue weighted by Gasteiger charge is -2.03. The van der Waals surface area contributed by atoms with Crippen LogP contribution in [0.3, 0.4) is 0 Å². The number of rotatable bonds is 5. The van der Waals surface area contributed by atoms with Crippen molar-refractivity contribution in [3.8, 4) is 5.75 Å². The third-order valence-electron chi connectivity index (χ3n) is 3.72. The van der Waals surface area contributed by atoms with Gasteiger partial charge in [0, 0.05) is 6.20 Å². The molecule has 0 atom stereocenters. The molecular weight excluding hydrogens is 300 g/mol. The summed E-state index contributed by atoms with van der Waals surface area (Å²) in [6, 6.07) is 11.7. The predicted octanol–water partition coefficient (Wildman–Crippen LogP) is 5.58. The van der Waals surface area contributed by atoms with E-state index in [1.54, 1.807) is 0 Å². The summed E-state index contributed by atoms with van der Waals surface area (Å²) in [5.74, 6) is 1.90. The summed E-state index contributed by atoms with van der Waals surface area (Å²) in [7, 11) is 0. The molecule has 0 bridgehead atoms. The first kappa shape index (κ1) is 16.2. The summed E-state index contributed by atoms with van der Waals surface area (Å²) in [4.78, 5) is 4.69. The Morgan fingerprint density at radius 2 is 1.83 bits per heavy atom. The highest BCUT2D eigenvalue weighted by Crippen LogP contribution is 2.30. The second kappa shape index (κ2) is 6.83. The van der Waals surface area contributed by atoms with Crippen molar-refractivity contribution in [3.63, 3.8) is 0 Å². The van der Waals surface area contributed by atoms with Gasteiger partial charge in [0.15, 0.2) is 5.82 Å². The van der Waals surface area contributed by atoms with Crippen molar-refractivity contribution in [3.05, 3.63) is 53.9 Å². The molecule has 0 aliphatic heterocycles. The van der Waals surface area contributed by atoms with Crippen LogP contribution in [-0.4, -0.2) is 16.0 Å². The minimum atomic E-state index is 0.277. The molecule has 0 N–H and O–H groups in total. The number of benzene rings is 1. The normalized spacial score (nSPS) is 11.7. The highest BCUT2D eigenvalue weighted by atomic mass is 16.5. The quantitative estimate of drug-likeness (QED) is 0.576. The first-order valence-corrected chi connectivity index (χ1v) is 8.21. The van der Waals surface area contributed by atoms with Gasteiger partial charge < -0.3 is 4.74 Å². The molecule has 3 rings (SSSR count). The predicted molar refractivity (Wildman–Crippen MR) is 95.8 cm³/mol. The SMILES string of the molecule is CCOc1ccc(N=Nc2c(C(C)C)nc3ccc(C)cn23)cc1. The van der Waals surface area contributed by atoms with Crippen LogP contribution in [-0.2, 0) is 0 Å². The Morgan fingerprint density at radius 1 is 1.08 bits per heavy atom. The molecule has 0 saturated heterocycles. The fourth-order valence-corrected chi connectivity index (χ4v) is 2.52. The van der Waals surface area contributed by atoms with Crippen LogP contribution < -0.4 is 4.74 Å². The van der Waals surface area contributed by atoms with Gasteiger partial charge in [0.05, 0.1) is 18.0 Å². The first-order chi connectivity index (χ1) is 11.6. The van der Waals surface area contributed by atoms with Gasteiger partial charge in [0.1, 0.15) is 11.4 Å². The Kier molecular flexibility index (Phi) is 4.60. The van der Waals surface area contributed by atoms with E-state index in [1.165, 1.54) is 0 Å². The molecule has 0 aliphatic carbocycles. The zero-order valence-corrected chi connectivity index (χ0v) is 14.5. The summed E-state index contributed by atoms with van der Waals surface area (Å²) in [5, 5.41) is 8.87. The van der Waals surface area contributed by atoms with E-state index in [2.05, 4.69) is 37.1 Å². The van der Waals surface area contributed by atoms with Gasteiger partial charge in [0.25, 0.3) is 0 Å². The van der Waals surface area contributed by atoms with E-state index in [9.17, 15) is 0 Å². The molecule has 0 fully saturated rings. The highest BCUT2D eigenvalue weighted by Gasteiger charge is 2.15. The van der Waals surface area contributed by atoms with Gasteiger partial charge in [-0.25, -0.2) is 4.98 Å². The minimum Gasteiger partial charge on any atom is -0.494 e. The zero-order chi connectivity index (χ0) is 17.1. The van der Waals surface area contributed by atoms with Crippen molar-refractivity contribution in [2.75, 3.05) is 6.61 Å². The number of pyridine rings is 1. The summed E-state index contributed by atoms with van der Waals surface area (Å²) >= 11 is 0. The molecule has 5 heteroatoms. The van der Waals surface area contributed by atoms with E-state index in [0.717, 1.165) is 34.2 Å². The Morgan fingerprint density at radius 3 is 2.50 bits per heavy atom. The lowest BCUT2D eigenvalue weighted by molar-refractivity contribution is 0.340. The number of nitrogens with zero attached hydrogens (tertiary/aromatic N) is 4. The van der Waals surface area contributed by atoms with Crippen LogP contribution in [0, 0.1) is 6.92 Å². The standard InChI is InChI=1S/C19H22N4O/c1-5-24-16-9-7-15(8-10-16)21-22-19-18(13(2)3)20-17-11-6-14(4)12-23(17)19/h6-13H,5H2,1-4H3. The van der Waals surface area contributed by atoms with Gasteiger partial charge in [-0.1, -0.05) is 19.9 Å². The second-order valence-electron chi connectivity index (χ2n) is 6.04. The molecule has 0 saturated carbocycles. The topological polar surface area (TPSA) is 51.2 Å². The number of imidazole rings is 1. The average Bonchev–Trinajstić information content (AvgIpc) is 2.92. The summed E-state index contributed by atoms with van der Waals surface area (Å²) in [5.41, 5.74) is 3.80. The summed E-state index contributed by atoms with van der Waals surface area (Å²) in [6.07, 6.45) is 2.04. The average molecular weight is 322 g/mol. The van der Waals surface area contributed by atoms with Crippen molar-refractivity contribution >= 4 is 17.2 Å². The lowest BCUT2D eigenvalue weighted by atomic mass is 10.1. The zero-order valence-electron chi connectivity index (χ0n) is 14.5. The molecule has 124 valence electrons. The fraction of sp³-hybridized carbons (Fsp3) is 0.316. The first-order valence-electron chi connectivity index (χ1n) is 8.21. The maximum atomic E-state index is 5.45. The Hall–Kier alpha value is -2.69. The maximum absolute atomic E-state index is 5.45. The Bertz CT molecular complexity index is 863. The van der Waals surface area contributed by atoms with E-state index in [0.29, 0.717) is 6.61 Å². The molecule has 5 nitrogen and oxygen atoms in total. The lowest BCUT2D eigenvalue weighted by Crippen LogP contribution is -1.89. The van der Waals surface area contributed by atoms with Gasteiger partial charge >= 0.3 is 0 Å². The van der Waals surface area contributed by atoms with Crippen LogP contribution in [0.2, 0.25) is 0 Å². The highest BCUT2D eigenvalue weighted by molar-refractivity contribution is 5.54. The van der Waals surface area contributed by atoms with Crippen molar-refractivity contribution in [2.45, 2.75) is 33.6 Å². The molecule has 0 amide bonds. The van der Waals surface area contributed by atoms with Gasteiger partial charge in [0.2, 0.25) is 0 Å². The maximum Gasteiger partial charge on any atom is 0.183 e. The van der Waals surface area contributed by atoms with Crippen LogP contribution >= 0.6 is 0 Å². The summed E-state index contributed by atoms with van der Waals surface area (Å²) in [6.45, 7) is 8.91. The van der Waals surface area contributed by atoms with Gasteiger partial charge in [-0.05, 0) is 55.7 Å². The van der Waals surface area contributed by atoms with Crippen molar-refractivity contribution in [1.29, 1.82) is 0 Å². The van der Waals surface area contributed by atoms with Gasteiger partial charge in [-0.15, -0.1) is 10.2 Å². The van der Waals surface area contributed by atoms with Crippen LogP contribution in [0.1, 0.15) is 37.9 Å². The molecule has 24 heavy (non-hydrogen) atoms. The Balaban J connectivity index is 1.98. The number of hydrogen-bond donors (Lipinski definition) is 0. The molecule has 0 aliphatic rings. The van der Waals surface area contributed by atoms with E-state index in [1.807, 2.05) is 47.9 Å². The van der Waals surface area contributed by atoms with Gasteiger partial charge in [-0.3, -0.25) is 4.40 Å². The van der Waals surface area contributed by atoms with Crippen LogP contribution in [0.25, 0.3) is 5.65 Å². The third kappa shape index (κ3) is 3.30. The van der Waals surface area contributed by atoms with E-state index < -0.39 is 0 Å². The monoisotopic (exact) mass is 322 g/mol. The minimum absolute atomic E-state index is 0.277. The van der Waals surface area contributed by atoms with E-state index in [-0.39, 0.29) is 5.92 Å². The largest absolute Gasteiger partial charge is 0.494 e. The third-order valence-corrected chi connectivity index (χ3v) is 3.72. The molecular formula is C19H22N4O. The fourth-order valence-electron chi connectivity index (χ4n) is 2.52. The van der Waals surface area contributed by atoms with Crippen LogP contribution in [0.15, 0.2) is 52.8 Å². The smallest absolute Gasteiger partial charge is 0.183 e.